The van der Waals surface area contributed by atoms with E-state index in [0.717, 1.165) is 27.8 Å². The monoisotopic (exact) mass is 1060 g/mol. The second-order valence-corrected chi connectivity index (χ2v) is 22.7. The summed E-state index contributed by atoms with van der Waals surface area (Å²) in [4.78, 5) is 89.7. The molecule has 0 saturated carbocycles. The van der Waals surface area contributed by atoms with E-state index in [1.165, 1.54) is 6.07 Å². The molecule has 5 amide bonds. The molecule has 0 bridgehead atoms. The van der Waals surface area contributed by atoms with E-state index in [-0.39, 0.29) is 47.4 Å². The summed E-state index contributed by atoms with van der Waals surface area (Å²) in [6.07, 6.45) is 10.1. The van der Waals surface area contributed by atoms with Crippen LogP contribution in [0.4, 0.5) is 38.9 Å². The average molecular weight is 1060 g/mol. The van der Waals surface area contributed by atoms with Crippen LogP contribution in [0.15, 0.2) is 71.9 Å². The van der Waals surface area contributed by atoms with Crippen LogP contribution in [0.1, 0.15) is 52.8 Å². The first-order chi connectivity index (χ1) is 34.5. The number of methoxy groups -OCH3 is 1. The van der Waals surface area contributed by atoms with Crippen molar-refractivity contribution in [3.05, 3.63) is 88.8 Å². The molecule has 372 valence electrons. The Morgan fingerprint density at radius 2 is 1.58 bits per heavy atom. The van der Waals surface area contributed by atoms with Gasteiger partial charge in [0.05, 0.1) is 56.8 Å². The summed E-state index contributed by atoms with van der Waals surface area (Å²) in [7, 11) is 0.597. The van der Waals surface area contributed by atoms with Gasteiger partial charge < -0.3 is 34.6 Å². The van der Waals surface area contributed by atoms with Crippen molar-refractivity contribution in [2.24, 2.45) is 13.0 Å². The lowest BCUT2D eigenvalue weighted by atomic mass is 9.92. The summed E-state index contributed by atoms with van der Waals surface area (Å²) in [6, 6.07) is 8.86. The first kappa shape index (κ1) is 48.3. The molecule has 0 aliphatic carbocycles. The Kier molecular flexibility index (Phi) is 13.0. The fraction of sp³-hybridized carbons (Fsp3) is 0.347. The molecule has 3 saturated heterocycles. The molecule has 0 spiro atoms. The number of piperazine rings is 1. The van der Waals surface area contributed by atoms with Crippen molar-refractivity contribution in [2.45, 2.75) is 38.1 Å². The van der Waals surface area contributed by atoms with Crippen LogP contribution < -0.4 is 35.8 Å². The summed E-state index contributed by atoms with van der Waals surface area (Å²) >= 11 is 3.58. The van der Waals surface area contributed by atoms with Crippen LogP contribution in [0.2, 0.25) is 0 Å². The van der Waals surface area contributed by atoms with Crippen molar-refractivity contribution in [3.63, 3.8) is 0 Å². The minimum atomic E-state index is -2.84. The number of benzene rings is 3. The number of amides is 5. The summed E-state index contributed by atoms with van der Waals surface area (Å²) < 4.78 is 37.5. The third kappa shape index (κ3) is 9.35. The second-order valence-electron chi connectivity index (χ2n) is 18.6. The number of halogens is 2. The molecule has 3 aromatic heterocycles. The van der Waals surface area contributed by atoms with Crippen LogP contribution in [0, 0.1) is 11.7 Å². The molecular weight excluding hydrogens is 1010 g/mol. The number of hydrogen-bond donors (Lipinski definition) is 3. The molecule has 3 fully saturated rings. The van der Waals surface area contributed by atoms with E-state index in [1.54, 1.807) is 49.9 Å². The first-order valence-electron chi connectivity index (χ1n) is 23.4. The molecule has 0 radical (unpaired) electrons. The van der Waals surface area contributed by atoms with Gasteiger partial charge in [0.15, 0.2) is 0 Å². The van der Waals surface area contributed by atoms with Gasteiger partial charge in [-0.05, 0) is 84.8 Å². The lowest BCUT2D eigenvalue weighted by Gasteiger charge is -2.38. The Morgan fingerprint density at radius 3 is 2.28 bits per heavy atom. The third-order valence-corrected chi connectivity index (χ3v) is 15.7. The Balaban J connectivity index is 0.796. The van der Waals surface area contributed by atoms with Crippen LogP contribution in [-0.2, 0) is 26.0 Å². The molecule has 1 atom stereocenters. The number of nitrogens with zero attached hydrogens (tertiary/aromatic N) is 10. The van der Waals surface area contributed by atoms with Gasteiger partial charge in [-0.2, -0.15) is 10.1 Å². The lowest BCUT2D eigenvalue weighted by molar-refractivity contribution is -0.136. The SMILES string of the molecule is COc1cc(N2CCN(C(=O)CC3CCN(c4cc5c(cc4F)C(=O)N(C4CCC(=O)NC4=O)C5=O)CC3)CC2)c(-c2cnn(C)c2)cc1Nc1ncc(Br)c(Nc2ccc3nccnc3c2P(C)(C)=O)n1. The summed E-state index contributed by atoms with van der Waals surface area (Å²) in [5.74, 6) is -1.97. The molecule has 7 heterocycles. The van der Waals surface area contributed by atoms with Gasteiger partial charge in [0.2, 0.25) is 23.7 Å². The second kappa shape index (κ2) is 19.4. The van der Waals surface area contributed by atoms with Crippen LogP contribution in [-0.4, -0.2) is 135 Å². The standard InChI is InChI=1S/C49H50BrFN13O7P/c1-60-26-28(24-55-60)29-21-36(57-49-54-25-32(50)45(59-49)56-35-6-5-34-43(53-12-11-52-34)44(35)72(3,4)70)40(71-2)23-38(29)62-15-17-63(18-16-62)42(66)19-27-9-13-61(14-10-27)39-22-31-30(20-33(39)51)47(68)64(48(31)69)37-7-8-41(65)58-46(37)67/h5-6,11-12,20-27,37H,7-10,13-19H2,1-4H3,(H,58,65,67)(H2,54,56,57,59). The van der Waals surface area contributed by atoms with E-state index in [1.807, 2.05) is 47.3 Å². The van der Waals surface area contributed by atoms with Crippen molar-refractivity contribution < 1.29 is 37.7 Å². The highest BCUT2D eigenvalue weighted by atomic mass is 79.9. The highest BCUT2D eigenvalue weighted by Crippen LogP contribution is 2.43. The fourth-order valence-electron chi connectivity index (χ4n) is 9.99. The highest BCUT2D eigenvalue weighted by molar-refractivity contribution is 9.10. The Hall–Kier alpha value is -7.32. The average Bonchev–Trinajstić information content (AvgIpc) is 3.90. The van der Waals surface area contributed by atoms with Crippen molar-refractivity contribution in [1.82, 2.24) is 44.8 Å². The summed E-state index contributed by atoms with van der Waals surface area (Å²) in [5.41, 5.74) is 5.10. The van der Waals surface area contributed by atoms with Crippen LogP contribution in [0.3, 0.4) is 0 Å². The van der Waals surface area contributed by atoms with Gasteiger partial charge >= 0.3 is 0 Å². The molecule has 3 aromatic carbocycles. The molecule has 20 nitrogen and oxygen atoms in total. The molecule has 6 aromatic rings. The van der Waals surface area contributed by atoms with Gasteiger partial charge in [-0.15, -0.1) is 0 Å². The number of fused-ring (bicyclic) bond motifs is 2. The Morgan fingerprint density at radius 1 is 0.861 bits per heavy atom. The number of hydrogen-bond acceptors (Lipinski definition) is 16. The van der Waals surface area contributed by atoms with Gasteiger partial charge in [0.1, 0.15) is 36.1 Å². The van der Waals surface area contributed by atoms with Gasteiger partial charge in [0, 0.05) is 107 Å². The molecule has 3 N–H and O–H groups in total. The molecular formula is C49H50BrFN13O7P. The van der Waals surface area contributed by atoms with Gasteiger partial charge in [-0.3, -0.25) is 48.8 Å². The van der Waals surface area contributed by atoms with Crippen LogP contribution in [0.25, 0.3) is 22.2 Å². The number of aryl methyl sites for hydroxylation is 1. The largest absolute Gasteiger partial charge is 0.494 e. The minimum absolute atomic E-state index is 0.00648. The minimum Gasteiger partial charge on any atom is -0.494 e. The molecule has 4 aliphatic rings. The van der Waals surface area contributed by atoms with Crippen LogP contribution in [0.5, 0.6) is 5.75 Å². The van der Waals surface area contributed by atoms with E-state index in [2.05, 4.69) is 56.8 Å². The molecule has 4 aliphatic heterocycles. The van der Waals surface area contributed by atoms with E-state index in [0.29, 0.717) is 102 Å². The highest BCUT2D eigenvalue weighted by Gasteiger charge is 2.45. The number of anilines is 6. The maximum Gasteiger partial charge on any atom is 0.262 e. The molecule has 1 unspecified atom stereocenters. The number of aromatic nitrogens is 6. The fourth-order valence-corrected chi connectivity index (χ4v) is 11.7. The Labute approximate surface area is 421 Å². The number of ether oxygens (including phenoxy) is 1. The summed E-state index contributed by atoms with van der Waals surface area (Å²) in [5, 5.41) is 13.9. The predicted octanol–water partition coefficient (Wildman–Crippen LogP) is 5.82. The van der Waals surface area contributed by atoms with E-state index < -0.39 is 42.6 Å². The van der Waals surface area contributed by atoms with Crippen molar-refractivity contribution in [2.75, 3.05) is 80.1 Å². The van der Waals surface area contributed by atoms with E-state index in [4.69, 9.17) is 9.72 Å². The quantitative estimate of drug-likeness (QED) is 0.0968. The number of nitrogens with one attached hydrogen (secondary N) is 3. The zero-order chi connectivity index (χ0) is 50.6. The number of imide groups is 2. The number of carbonyl (C=O) groups is 5. The molecule has 23 heteroatoms. The maximum absolute atomic E-state index is 15.6. The number of rotatable bonds is 12. The molecule has 72 heavy (non-hydrogen) atoms. The number of carbonyl (C=O) groups excluding carboxylic acids is 5. The zero-order valence-corrected chi connectivity index (χ0v) is 42.3. The van der Waals surface area contributed by atoms with E-state index >= 15 is 4.39 Å². The van der Waals surface area contributed by atoms with Crippen LogP contribution >= 0.6 is 23.1 Å². The third-order valence-electron chi connectivity index (χ3n) is 13.6. The van der Waals surface area contributed by atoms with Gasteiger partial charge in [-0.1, -0.05) is 0 Å². The first-order valence-corrected chi connectivity index (χ1v) is 26.8. The van der Waals surface area contributed by atoms with Crippen molar-refractivity contribution >= 4 is 103 Å². The topological polar surface area (TPSA) is 230 Å². The van der Waals surface area contributed by atoms with Gasteiger partial charge in [-0.25, -0.2) is 9.37 Å². The Bertz CT molecular complexity index is 3260. The lowest BCUT2D eigenvalue weighted by Crippen LogP contribution is -2.54. The maximum atomic E-state index is 15.6. The van der Waals surface area contributed by atoms with Crippen molar-refractivity contribution in [3.8, 4) is 16.9 Å². The summed E-state index contributed by atoms with van der Waals surface area (Å²) in [6.45, 7) is 6.38. The van der Waals surface area contributed by atoms with Crippen molar-refractivity contribution in [1.29, 1.82) is 0 Å². The van der Waals surface area contributed by atoms with Gasteiger partial charge in [0.25, 0.3) is 11.8 Å². The smallest absolute Gasteiger partial charge is 0.262 e. The normalized spacial score (nSPS) is 17.7. The predicted molar refractivity (Wildman–Crippen MR) is 272 cm³/mol. The van der Waals surface area contributed by atoms with E-state index in [9.17, 15) is 28.5 Å². The number of piperidine rings is 2. The molecule has 10 rings (SSSR count). The zero-order valence-electron chi connectivity index (χ0n) is 39.8.